The predicted octanol–water partition coefficient (Wildman–Crippen LogP) is 2.68. The molecule has 6 nitrogen and oxygen atoms in total. The van der Waals surface area contributed by atoms with Crippen LogP contribution in [0.4, 0.5) is 4.79 Å². The van der Waals surface area contributed by atoms with Crippen LogP contribution in [0.2, 0.25) is 0 Å². The fraction of sp³-hybridized carbons (Fsp3) is 0.526. The minimum Gasteiger partial charge on any atom is -0.493 e. The quantitative estimate of drug-likeness (QED) is 0.820. The van der Waals surface area contributed by atoms with Crippen molar-refractivity contribution < 1.29 is 19.0 Å². The number of hydrogen-bond acceptors (Lipinski definition) is 5. The number of carbonyl (C=O) groups is 1. The summed E-state index contributed by atoms with van der Waals surface area (Å²) in [5.74, 6) is 1.51. The lowest BCUT2D eigenvalue weighted by molar-refractivity contribution is 0.0151. The summed E-state index contributed by atoms with van der Waals surface area (Å²) in [5, 5.41) is 0. The Kier molecular flexibility index (Phi) is 4.90. The number of methoxy groups -OCH3 is 2. The van der Waals surface area contributed by atoms with Gasteiger partial charge >= 0.3 is 6.09 Å². The van der Waals surface area contributed by atoms with Crippen LogP contribution in [0.1, 0.15) is 18.4 Å². The highest BCUT2D eigenvalue weighted by Crippen LogP contribution is 2.39. The average molecular weight is 346 g/mol. The molecular weight excluding hydrogens is 320 g/mol. The Morgan fingerprint density at radius 2 is 1.88 bits per heavy atom. The van der Waals surface area contributed by atoms with Crippen LogP contribution in [-0.2, 0) is 11.2 Å². The molecule has 1 spiro atoms. The van der Waals surface area contributed by atoms with Crippen LogP contribution in [0.3, 0.4) is 0 Å². The van der Waals surface area contributed by atoms with E-state index in [0.717, 1.165) is 56.1 Å². The summed E-state index contributed by atoms with van der Waals surface area (Å²) < 4.78 is 16.3. The maximum absolute atomic E-state index is 11.8. The van der Waals surface area contributed by atoms with Gasteiger partial charge in [-0.2, -0.15) is 0 Å². The highest BCUT2D eigenvalue weighted by molar-refractivity contribution is 5.74. The number of amides is 1. The number of hydrogen-bond donors (Lipinski definition) is 0. The minimum absolute atomic E-state index is 0.288. The third kappa shape index (κ3) is 3.31. The van der Waals surface area contributed by atoms with Gasteiger partial charge in [-0.25, -0.2) is 4.79 Å². The van der Waals surface area contributed by atoms with E-state index in [2.05, 4.69) is 17.5 Å². The van der Waals surface area contributed by atoms with Crippen LogP contribution >= 0.6 is 0 Å². The van der Waals surface area contributed by atoms with E-state index in [9.17, 15) is 4.79 Å². The number of rotatable bonds is 5. The van der Waals surface area contributed by atoms with Gasteiger partial charge in [0.1, 0.15) is 0 Å². The van der Waals surface area contributed by atoms with Gasteiger partial charge in [0.25, 0.3) is 0 Å². The van der Waals surface area contributed by atoms with Crippen molar-refractivity contribution in [2.24, 2.45) is 0 Å². The molecule has 0 atom stereocenters. The molecule has 0 radical (unpaired) electrons. The van der Waals surface area contributed by atoms with Crippen molar-refractivity contribution in [2.75, 3.05) is 40.9 Å². The Bertz CT molecular complexity index is 665. The Morgan fingerprint density at radius 3 is 2.44 bits per heavy atom. The van der Waals surface area contributed by atoms with Crippen molar-refractivity contribution >= 4 is 6.09 Å². The Morgan fingerprint density at radius 1 is 1.20 bits per heavy atom. The van der Waals surface area contributed by atoms with E-state index >= 15 is 0 Å². The molecule has 2 aliphatic heterocycles. The first-order valence-corrected chi connectivity index (χ1v) is 8.58. The largest absolute Gasteiger partial charge is 0.493 e. The zero-order chi connectivity index (χ0) is 18.0. The third-order valence-electron chi connectivity index (χ3n) is 5.32. The molecule has 0 saturated carbocycles. The fourth-order valence-corrected chi connectivity index (χ4v) is 3.56. The first-order valence-electron chi connectivity index (χ1n) is 8.58. The van der Waals surface area contributed by atoms with E-state index in [1.165, 1.54) is 10.5 Å². The molecule has 2 fully saturated rings. The van der Waals surface area contributed by atoms with Gasteiger partial charge in [0.15, 0.2) is 17.1 Å². The number of piperidine rings is 1. The summed E-state index contributed by atoms with van der Waals surface area (Å²) >= 11 is 0. The van der Waals surface area contributed by atoms with Gasteiger partial charge in [-0.3, -0.25) is 4.90 Å². The molecule has 2 saturated heterocycles. The normalized spacial score (nSPS) is 20.0. The number of likely N-dealkylation sites (tertiary alicyclic amines) is 1. The average Bonchev–Trinajstić information content (AvgIpc) is 2.85. The molecule has 0 bridgehead atoms. The maximum Gasteiger partial charge on any atom is 0.414 e. The van der Waals surface area contributed by atoms with E-state index in [0.29, 0.717) is 0 Å². The monoisotopic (exact) mass is 346 g/mol. The van der Waals surface area contributed by atoms with Crippen molar-refractivity contribution in [3.8, 4) is 11.5 Å². The molecule has 25 heavy (non-hydrogen) atoms. The third-order valence-corrected chi connectivity index (χ3v) is 5.32. The molecule has 3 rings (SSSR count). The summed E-state index contributed by atoms with van der Waals surface area (Å²) in [6, 6.07) is 6.04. The number of ether oxygens (including phenoxy) is 3. The molecule has 1 amide bonds. The molecule has 1 aromatic carbocycles. The van der Waals surface area contributed by atoms with Gasteiger partial charge < -0.3 is 19.1 Å². The van der Waals surface area contributed by atoms with E-state index in [1.807, 2.05) is 12.1 Å². The highest BCUT2D eigenvalue weighted by atomic mass is 16.6. The molecule has 6 heteroatoms. The number of nitrogens with zero attached hydrogens (tertiary/aromatic N) is 2. The van der Waals surface area contributed by atoms with E-state index in [1.54, 1.807) is 21.3 Å². The smallest absolute Gasteiger partial charge is 0.414 e. The summed E-state index contributed by atoms with van der Waals surface area (Å²) in [6.45, 7) is 6.81. The maximum atomic E-state index is 11.8. The second-order valence-corrected chi connectivity index (χ2v) is 6.65. The molecule has 0 unspecified atom stereocenters. The first kappa shape index (κ1) is 17.6. The molecule has 136 valence electrons. The SMILES string of the molecule is C=C1N(C)C(=O)OC12CCN(CCc1ccc(OC)c(OC)c1)CC2. The van der Waals surface area contributed by atoms with Gasteiger partial charge in [-0.05, 0) is 24.1 Å². The molecule has 0 aromatic heterocycles. The van der Waals surface area contributed by atoms with Crippen LogP contribution in [-0.4, -0.2) is 62.4 Å². The van der Waals surface area contributed by atoms with Crippen LogP contribution in [0.5, 0.6) is 11.5 Å². The second kappa shape index (κ2) is 6.96. The summed E-state index contributed by atoms with van der Waals surface area (Å²) in [7, 11) is 5.02. The van der Waals surface area contributed by atoms with Crippen LogP contribution in [0, 0.1) is 0 Å². The second-order valence-electron chi connectivity index (χ2n) is 6.65. The molecule has 0 N–H and O–H groups in total. The predicted molar refractivity (Wildman–Crippen MR) is 95.0 cm³/mol. The van der Waals surface area contributed by atoms with Crippen molar-refractivity contribution in [3.63, 3.8) is 0 Å². The van der Waals surface area contributed by atoms with Crippen molar-refractivity contribution in [1.29, 1.82) is 0 Å². The lowest BCUT2D eigenvalue weighted by atomic mass is 9.88. The van der Waals surface area contributed by atoms with Gasteiger partial charge in [-0.15, -0.1) is 0 Å². The topological polar surface area (TPSA) is 51.2 Å². The van der Waals surface area contributed by atoms with Gasteiger partial charge in [0.2, 0.25) is 0 Å². The Hall–Kier alpha value is -2.21. The lowest BCUT2D eigenvalue weighted by Crippen LogP contribution is -2.45. The van der Waals surface area contributed by atoms with Crippen LogP contribution < -0.4 is 9.47 Å². The van der Waals surface area contributed by atoms with E-state index in [4.69, 9.17) is 14.2 Å². The van der Waals surface area contributed by atoms with Gasteiger partial charge in [0, 0.05) is 39.5 Å². The number of likely N-dealkylation sites (N-methyl/N-ethyl adjacent to an activating group) is 1. The van der Waals surface area contributed by atoms with Gasteiger partial charge in [0.05, 0.1) is 19.9 Å². The Balaban J connectivity index is 1.55. The minimum atomic E-state index is -0.494. The van der Waals surface area contributed by atoms with E-state index in [-0.39, 0.29) is 6.09 Å². The highest BCUT2D eigenvalue weighted by Gasteiger charge is 2.48. The zero-order valence-electron chi connectivity index (χ0n) is 15.2. The number of carbonyl (C=O) groups excluding carboxylic acids is 1. The van der Waals surface area contributed by atoms with Crippen LogP contribution in [0.25, 0.3) is 0 Å². The fourth-order valence-electron chi connectivity index (χ4n) is 3.56. The summed E-state index contributed by atoms with van der Waals surface area (Å²) in [5.41, 5.74) is 1.51. The van der Waals surface area contributed by atoms with Gasteiger partial charge in [-0.1, -0.05) is 12.6 Å². The Labute approximate surface area is 148 Å². The zero-order valence-corrected chi connectivity index (χ0v) is 15.2. The molecule has 2 aliphatic rings. The van der Waals surface area contributed by atoms with Crippen molar-refractivity contribution in [3.05, 3.63) is 36.0 Å². The first-order chi connectivity index (χ1) is 12.0. The molecule has 0 aliphatic carbocycles. The van der Waals surface area contributed by atoms with Crippen LogP contribution in [0.15, 0.2) is 30.5 Å². The summed E-state index contributed by atoms with van der Waals surface area (Å²) in [6.07, 6.45) is 2.25. The lowest BCUT2D eigenvalue weighted by Gasteiger charge is -2.38. The molecule has 1 aromatic rings. The standard InChI is InChI=1S/C19H26N2O4/c1-14-19(25-18(22)20(14)2)8-11-21(12-9-19)10-7-15-5-6-16(23-3)17(13-15)24-4/h5-6,13H,1,7-12H2,2-4H3. The van der Waals surface area contributed by atoms with Crippen molar-refractivity contribution in [2.45, 2.75) is 24.9 Å². The summed E-state index contributed by atoms with van der Waals surface area (Å²) in [4.78, 5) is 15.7. The number of benzene rings is 1. The van der Waals surface area contributed by atoms with Crippen molar-refractivity contribution in [1.82, 2.24) is 9.80 Å². The molecular formula is C19H26N2O4. The van der Waals surface area contributed by atoms with E-state index < -0.39 is 5.60 Å². The molecule has 2 heterocycles.